The summed E-state index contributed by atoms with van der Waals surface area (Å²) < 4.78 is 0. The standard InChI is InChI=1S/C11H21N3O2S/c1-13-10(15)9-4-3-6-14(9)11(16)8(12)5-7-17-2/h8-9H,3-7,12H2,1-2H3,(H,13,15)/t8-,9?/m0/s1. The summed E-state index contributed by atoms with van der Waals surface area (Å²) in [5.74, 6) is 0.684. The number of rotatable bonds is 5. The average molecular weight is 259 g/mol. The molecule has 2 amide bonds. The van der Waals surface area contributed by atoms with Crippen LogP contribution in [0.5, 0.6) is 0 Å². The van der Waals surface area contributed by atoms with Gasteiger partial charge >= 0.3 is 0 Å². The van der Waals surface area contributed by atoms with E-state index in [9.17, 15) is 9.59 Å². The third kappa shape index (κ3) is 3.61. The Kier molecular flexibility index (Phi) is 5.77. The molecule has 1 unspecified atom stereocenters. The molecule has 0 radical (unpaired) electrons. The molecule has 1 heterocycles. The topological polar surface area (TPSA) is 75.4 Å². The van der Waals surface area contributed by atoms with Crippen LogP contribution in [-0.4, -0.2) is 54.4 Å². The van der Waals surface area contributed by atoms with Crippen LogP contribution in [0, 0.1) is 0 Å². The lowest BCUT2D eigenvalue weighted by atomic mass is 10.1. The second-order valence-corrected chi connectivity index (χ2v) is 5.18. The number of hydrogen-bond donors (Lipinski definition) is 2. The van der Waals surface area contributed by atoms with E-state index in [1.54, 1.807) is 23.7 Å². The van der Waals surface area contributed by atoms with Crippen molar-refractivity contribution in [3.63, 3.8) is 0 Å². The van der Waals surface area contributed by atoms with Crippen LogP contribution in [-0.2, 0) is 9.59 Å². The van der Waals surface area contributed by atoms with Crippen molar-refractivity contribution in [3.8, 4) is 0 Å². The van der Waals surface area contributed by atoms with Crippen molar-refractivity contribution in [1.82, 2.24) is 10.2 Å². The molecule has 2 atom stereocenters. The SMILES string of the molecule is CNC(=O)C1CCCN1C(=O)[C@@H](N)CCSC. The van der Waals surface area contributed by atoms with E-state index in [0.29, 0.717) is 13.0 Å². The highest BCUT2D eigenvalue weighted by Gasteiger charge is 2.35. The Morgan fingerprint density at radius 3 is 2.88 bits per heavy atom. The van der Waals surface area contributed by atoms with Crippen LogP contribution in [0.1, 0.15) is 19.3 Å². The summed E-state index contributed by atoms with van der Waals surface area (Å²) in [6.07, 6.45) is 4.26. The Bertz CT molecular complexity index is 286. The monoisotopic (exact) mass is 259 g/mol. The maximum absolute atomic E-state index is 12.1. The van der Waals surface area contributed by atoms with Crippen LogP contribution in [0.4, 0.5) is 0 Å². The smallest absolute Gasteiger partial charge is 0.242 e. The van der Waals surface area contributed by atoms with Crippen molar-refractivity contribution in [2.75, 3.05) is 25.6 Å². The lowest BCUT2D eigenvalue weighted by Gasteiger charge is -2.26. The molecule has 1 aliphatic heterocycles. The lowest BCUT2D eigenvalue weighted by Crippen LogP contribution is -2.50. The van der Waals surface area contributed by atoms with Crippen molar-refractivity contribution in [2.45, 2.75) is 31.3 Å². The number of hydrogen-bond acceptors (Lipinski definition) is 4. The van der Waals surface area contributed by atoms with Gasteiger partial charge in [-0.1, -0.05) is 0 Å². The molecule has 0 spiro atoms. The Morgan fingerprint density at radius 2 is 2.29 bits per heavy atom. The predicted octanol–water partition coefficient (Wildman–Crippen LogP) is -0.196. The van der Waals surface area contributed by atoms with Gasteiger partial charge in [-0.3, -0.25) is 9.59 Å². The molecule has 3 N–H and O–H groups in total. The summed E-state index contributed by atoms with van der Waals surface area (Å²) in [6, 6.07) is -0.805. The van der Waals surface area contributed by atoms with Gasteiger partial charge in [-0.25, -0.2) is 0 Å². The average Bonchev–Trinajstić information content (AvgIpc) is 2.82. The number of likely N-dealkylation sites (N-methyl/N-ethyl adjacent to an activating group) is 1. The van der Waals surface area contributed by atoms with Crippen molar-refractivity contribution in [3.05, 3.63) is 0 Å². The Hall–Kier alpha value is -0.750. The maximum atomic E-state index is 12.1. The first-order chi connectivity index (χ1) is 8.11. The summed E-state index contributed by atoms with van der Waals surface area (Å²) in [6.45, 7) is 0.643. The first-order valence-electron chi connectivity index (χ1n) is 5.88. The second-order valence-electron chi connectivity index (χ2n) is 4.19. The number of carbonyl (C=O) groups is 2. The van der Waals surface area contributed by atoms with Gasteiger partial charge in [-0.15, -0.1) is 0 Å². The Labute approximate surface area is 106 Å². The first-order valence-corrected chi connectivity index (χ1v) is 7.27. The highest BCUT2D eigenvalue weighted by atomic mass is 32.2. The highest BCUT2D eigenvalue weighted by Crippen LogP contribution is 2.18. The zero-order valence-corrected chi connectivity index (χ0v) is 11.3. The molecule has 0 aromatic rings. The summed E-state index contributed by atoms with van der Waals surface area (Å²) in [5.41, 5.74) is 5.85. The number of nitrogens with one attached hydrogen (secondary N) is 1. The van der Waals surface area contributed by atoms with E-state index in [1.165, 1.54) is 0 Å². The van der Waals surface area contributed by atoms with Gasteiger partial charge in [-0.2, -0.15) is 11.8 Å². The number of amides is 2. The van der Waals surface area contributed by atoms with E-state index >= 15 is 0 Å². The molecule has 0 bridgehead atoms. The molecule has 5 nitrogen and oxygen atoms in total. The fourth-order valence-electron chi connectivity index (χ4n) is 2.05. The summed E-state index contributed by atoms with van der Waals surface area (Å²) >= 11 is 1.67. The van der Waals surface area contributed by atoms with Crippen molar-refractivity contribution in [2.24, 2.45) is 5.73 Å². The third-order valence-electron chi connectivity index (χ3n) is 3.04. The summed E-state index contributed by atoms with van der Waals surface area (Å²) in [5, 5.41) is 2.60. The minimum atomic E-state index is -0.479. The molecule has 0 aliphatic carbocycles. The Morgan fingerprint density at radius 1 is 1.59 bits per heavy atom. The van der Waals surface area contributed by atoms with Gasteiger partial charge in [0.1, 0.15) is 6.04 Å². The minimum Gasteiger partial charge on any atom is -0.357 e. The van der Waals surface area contributed by atoms with E-state index in [1.807, 2.05) is 6.26 Å². The number of nitrogens with two attached hydrogens (primary N) is 1. The highest BCUT2D eigenvalue weighted by molar-refractivity contribution is 7.98. The van der Waals surface area contributed by atoms with Gasteiger partial charge < -0.3 is 16.0 Å². The van der Waals surface area contributed by atoms with Gasteiger partial charge in [0.15, 0.2) is 0 Å². The van der Waals surface area contributed by atoms with Crippen molar-refractivity contribution >= 4 is 23.6 Å². The van der Waals surface area contributed by atoms with Gasteiger partial charge in [0.2, 0.25) is 11.8 Å². The number of nitrogens with zero attached hydrogens (tertiary/aromatic N) is 1. The molecule has 1 rings (SSSR count). The molecule has 6 heteroatoms. The van der Waals surface area contributed by atoms with Crippen LogP contribution < -0.4 is 11.1 Å². The van der Waals surface area contributed by atoms with Crippen molar-refractivity contribution < 1.29 is 9.59 Å². The fourth-order valence-corrected chi connectivity index (χ4v) is 2.54. The predicted molar refractivity (Wildman–Crippen MR) is 69.8 cm³/mol. The molecule has 1 aliphatic rings. The lowest BCUT2D eigenvalue weighted by molar-refractivity contribution is -0.139. The first kappa shape index (κ1) is 14.3. The third-order valence-corrected chi connectivity index (χ3v) is 3.68. The molecular formula is C11H21N3O2S. The molecular weight excluding hydrogens is 238 g/mol. The van der Waals surface area contributed by atoms with Gasteiger partial charge in [-0.05, 0) is 31.3 Å². The normalized spacial score (nSPS) is 21.4. The van der Waals surface area contributed by atoms with E-state index in [-0.39, 0.29) is 17.9 Å². The summed E-state index contributed by atoms with van der Waals surface area (Å²) in [7, 11) is 1.59. The number of thioether (sulfide) groups is 1. The molecule has 0 aromatic carbocycles. The Balaban J connectivity index is 2.58. The fraction of sp³-hybridized carbons (Fsp3) is 0.818. The zero-order valence-electron chi connectivity index (χ0n) is 10.4. The van der Waals surface area contributed by atoms with Crippen LogP contribution in [0.3, 0.4) is 0 Å². The quantitative estimate of drug-likeness (QED) is 0.717. The van der Waals surface area contributed by atoms with E-state index < -0.39 is 6.04 Å². The maximum Gasteiger partial charge on any atom is 0.242 e. The number of likely N-dealkylation sites (tertiary alicyclic amines) is 1. The van der Waals surface area contributed by atoms with Crippen LogP contribution in [0.15, 0.2) is 0 Å². The minimum absolute atomic E-state index is 0.0899. The molecule has 0 saturated carbocycles. The molecule has 1 fully saturated rings. The summed E-state index contributed by atoms with van der Waals surface area (Å²) in [4.78, 5) is 25.3. The van der Waals surface area contributed by atoms with Crippen LogP contribution in [0.2, 0.25) is 0 Å². The van der Waals surface area contributed by atoms with E-state index in [0.717, 1.165) is 18.6 Å². The van der Waals surface area contributed by atoms with Crippen molar-refractivity contribution in [1.29, 1.82) is 0 Å². The number of carbonyl (C=O) groups excluding carboxylic acids is 2. The zero-order chi connectivity index (χ0) is 12.8. The molecule has 0 aromatic heterocycles. The van der Waals surface area contributed by atoms with Crippen LogP contribution >= 0.6 is 11.8 Å². The molecule has 17 heavy (non-hydrogen) atoms. The van der Waals surface area contributed by atoms with Gasteiger partial charge in [0, 0.05) is 13.6 Å². The van der Waals surface area contributed by atoms with E-state index in [4.69, 9.17) is 5.73 Å². The van der Waals surface area contributed by atoms with Gasteiger partial charge in [0.05, 0.1) is 6.04 Å². The molecule has 1 saturated heterocycles. The second kappa shape index (κ2) is 6.86. The van der Waals surface area contributed by atoms with Crippen LogP contribution in [0.25, 0.3) is 0 Å². The molecule has 98 valence electrons. The van der Waals surface area contributed by atoms with Gasteiger partial charge in [0.25, 0.3) is 0 Å². The van der Waals surface area contributed by atoms with E-state index in [2.05, 4.69) is 5.32 Å². The largest absolute Gasteiger partial charge is 0.357 e.